The molecule has 0 aromatic heterocycles. The molecule has 2 aliphatic heterocycles. The highest BCUT2D eigenvalue weighted by Crippen LogP contribution is 2.41. The van der Waals surface area contributed by atoms with Crippen molar-refractivity contribution in [3.63, 3.8) is 0 Å². The monoisotopic (exact) mass is 375 g/mol. The standard InChI is InChI=1S/C24H29N3O/c1-5-16(2)14-23-25-21(15-22(26(23)4)19-10-11-19)24(28)27-13-12-18-8-6-7-9-20(18)17(27)3/h5-9,14-15,17,19H,10-13H2,1-4H3/b16-5-,23-14-. The van der Waals surface area contributed by atoms with Crippen LogP contribution in [0.15, 0.2) is 64.6 Å². The summed E-state index contributed by atoms with van der Waals surface area (Å²) in [5.41, 5.74) is 5.54. The Bertz CT molecular complexity index is 918. The van der Waals surface area contributed by atoms with Crippen LogP contribution in [-0.2, 0) is 11.2 Å². The van der Waals surface area contributed by atoms with Gasteiger partial charge in [-0.1, -0.05) is 35.9 Å². The van der Waals surface area contributed by atoms with Gasteiger partial charge in [0, 0.05) is 19.3 Å². The van der Waals surface area contributed by atoms with Gasteiger partial charge in [-0.05, 0) is 69.2 Å². The Balaban J connectivity index is 1.67. The molecule has 1 unspecified atom stereocenters. The molecule has 1 aliphatic carbocycles. The lowest BCUT2D eigenvalue weighted by molar-refractivity contribution is -0.126. The first-order valence-electron chi connectivity index (χ1n) is 10.3. The van der Waals surface area contributed by atoms with E-state index in [0.717, 1.165) is 24.4 Å². The summed E-state index contributed by atoms with van der Waals surface area (Å²) < 4.78 is 0. The van der Waals surface area contributed by atoms with Crippen LogP contribution < -0.4 is 0 Å². The van der Waals surface area contributed by atoms with E-state index in [9.17, 15) is 4.79 Å². The number of hydrogen-bond donors (Lipinski definition) is 0. The molecular formula is C24H29N3O. The van der Waals surface area contributed by atoms with E-state index in [1.54, 1.807) is 0 Å². The van der Waals surface area contributed by atoms with Crippen LogP contribution in [0.1, 0.15) is 50.8 Å². The zero-order chi connectivity index (χ0) is 19.8. The van der Waals surface area contributed by atoms with E-state index in [2.05, 4.69) is 62.2 Å². The van der Waals surface area contributed by atoms with E-state index in [4.69, 9.17) is 4.99 Å². The zero-order valence-electron chi connectivity index (χ0n) is 17.3. The van der Waals surface area contributed by atoms with Crippen LogP contribution in [0.3, 0.4) is 0 Å². The van der Waals surface area contributed by atoms with E-state index < -0.39 is 0 Å². The first kappa shape index (κ1) is 18.7. The number of aliphatic imine (C=N–C) groups is 1. The number of benzene rings is 1. The lowest BCUT2D eigenvalue weighted by Gasteiger charge is -2.36. The predicted molar refractivity (Wildman–Crippen MR) is 114 cm³/mol. The van der Waals surface area contributed by atoms with Crippen LogP contribution >= 0.6 is 0 Å². The number of fused-ring (bicyclic) bond motifs is 1. The summed E-state index contributed by atoms with van der Waals surface area (Å²) in [6.45, 7) is 6.95. The summed E-state index contributed by atoms with van der Waals surface area (Å²) in [6.07, 6.45) is 9.45. The summed E-state index contributed by atoms with van der Waals surface area (Å²) in [5.74, 6) is 1.45. The normalized spacial score (nSPS) is 24.1. The van der Waals surface area contributed by atoms with E-state index in [0.29, 0.717) is 11.6 Å². The Morgan fingerprint density at radius 1 is 1.25 bits per heavy atom. The molecule has 0 bridgehead atoms. The zero-order valence-corrected chi connectivity index (χ0v) is 17.3. The molecule has 1 aromatic carbocycles. The van der Waals surface area contributed by atoms with Gasteiger partial charge in [-0.25, -0.2) is 4.99 Å². The molecule has 1 fully saturated rings. The molecule has 0 saturated heterocycles. The third kappa shape index (κ3) is 3.44. The quantitative estimate of drug-likeness (QED) is 0.773. The van der Waals surface area contributed by atoms with Crippen molar-refractivity contribution in [3.05, 3.63) is 70.7 Å². The molecule has 1 amide bonds. The molecule has 3 aliphatic rings. The Kier molecular flexibility index (Phi) is 4.96. The van der Waals surface area contributed by atoms with Crippen LogP contribution in [0.5, 0.6) is 0 Å². The second-order valence-corrected chi connectivity index (χ2v) is 8.06. The van der Waals surface area contributed by atoms with E-state index >= 15 is 0 Å². The number of nitrogens with zero attached hydrogens (tertiary/aromatic N) is 3. The minimum atomic E-state index is 0.0392. The van der Waals surface area contributed by atoms with Crippen LogP contribution in [0.25, 0.3) is 0 Å². The molecule has 28 heavy (non-hydrogen) atoms. The van der Waals surface area contributed by atoms with Crippen molar-refractivity contribution in [2.45, 2.75) is 46.1 Å². The molecule has 4 heteroatoms. The molecule has 4 nitrogen and oxygen atoms in total. The van der Waals surface area contributed by atoms with E-state index in [1.165, 1.54) is 29.7 Å². The number of allylic oxidation sites excluding steroid dienone is 4. The SMILES string of the molecule is C/C=C(C)\C=C1\N=C(C(=O)N2CCc3ccccc3C2C)C=C(C2CC2)N1C. The van der Waals surface area contributed by atoms with Crippen LogP contribution in [-0.4, -0.2) is 35.0 Å². The average Bonchev–Trinajstić information content (AvgIpc) is 3.54. The first-order valence-corrected chi connectivity index (χ1v) is 10.3. The Hall–Kier alpha value is -2.62. The maximum Gasteiger partial charge on any atom is 0.273 e. The Labute approximate surface area is 167 Å². The summed E-state index contributed by atoms with van der Waals surface area (Å²) in [6, 6.07) is 8.52. The maximum absolute atomic E-state index is 13.5. The van der Waals surface area contributed by atoms with Gasteiger partial charge in [0.05, 0.1) is 6.04 Å². The molecule has 0 spiro atoms. The van der Waals surface area contributed by atoms with Crippen molar-refractivity contribution < 1.29 is 4.79 Å². The molecule has 2 heterocycles. The van der Waals surface area contributed by atoms with Gasteiger partial charge in [-0.3, -0.25) is 4.79 Å². The van der Waals surface area contributed by atoms with Gasteiger partial charge in [0.1, 0.15) is 11.5 Å². The highest BCUT2D eigenvalue weighted by Gasteiger charge is 2.35. The largest absolute Gasteiger partial charge is 0.333 e. The minimum absolute atomic E-state index is 0.0392. The van der Waals surface area contributed by atoms with Crippen molar-refractivity contribution in [3.8, 4) is 0 Å². The van der Waals surface area contributed by atoms with Crippen LogP contribution in [0.4, 0.5) is 0 Å². The van der Waals surface area contributed by atoms with Crippen LogP contribution in [0, 0.1) is 5.92 Å². The number of amides is 1. The lowest BCUT2D eigenvalue weighted by atomic mass is 9.93. The fourth-order valence-electron chi connectivity index (χ4n) is 4.09. The summed E-state index contributed by atoms with van der Waals surface area (Å²) in [4.78, 5) is 22.4. The van der Waals surface area contributed by atoms with Crippen molar-refractivity contribution in [1.82, 2.24) is 9.80 Å². The van der Waals surface area contributed by atoms with Crippen molar-refractivity contribution in [2.24, 2.45) is 10.9 Å². The summed E-state index contributed by atoms with van der Waals surface area (Å²) in [5, 5.41) is 0. The van der Waals surface area contributed by atoms with Gasteiger partial charge in [0.15, 0.2) is 0 Å². The van der Waals surface area contributed by atoms with E-state index in [1.807, 2.05) is 17.9 Å². The molecule has 146 valence electrons. The highest BCUT2D eigenvalue weighted by atomic mass is 16.2. The second-order valence-electron chi connectivity index (χ2n) is 8.06. The summed E-state index contributed by atoms with van der Waals surface area (Å²) in [7, 11) is 2.06. The smallest absolute Gasteiger partial charge is 0.273 e. The van der Waals surface area contributed by atoms with Crippen molar-refractivity contribution in [1.29, 1.82) is 0 Å². The van der Waals surface area contributed by atoms with Gasteiger partial charge >= 0.3 is 0 Å². The molecular weight excluding hydrogens is 346 g/mol. The van der Waals surface area contributed by atoms with E-state index in [-0.39, 0.29) is 11.9 Å². The molecule has 1 aromatic rings. The third-order valence-corrected chi connectivity index (χ3v) is 6.13. The first-order chi connectivity index (χ1) is 13.5. The molecule has 4 rings (SSSR count). The fraction of sp³-hybridized carbons (Fsp3) is 0.417. The number of rotatable bonds is 3. The number of hydrogen-bond acceptors (Lipinski definition) is 3. The van der Waals surface area contributed by atoms with Crippen LogP contribution in [0.2, 0.25) is 0 Å². The second kappa shape index (κ2) is 7.42. The molecule has 0 N–H and O–H groups in total. The maximum atomic E-state index is 13.5. The Morgan fingerprint density at radius 3 is 2.71 bits per heavy atom. The molecule has 0 radical (unpaired) electrons. The van der Waals surface area contributed by atoms with Gasteiger partial charge < -0.3 is 9.80 Å². The van der Waals surface area contributed by atoms with Gasteiger partial charge in [-0.2, -0.15) is 0 Å². The molecule has 1 saturated carbocycles. The van der Waals surface area contributed by atoms with Gasteiger partial charge in [0.2, 0.25) is 0 Å². The number of carbonyl (C=O) groups is 1. The molecule has 1 atom stereocenters. The van der Waals surface area contributed by atoms with Gasteiger partial charge in [-0.15, -0.1) is 0 Å². The minimum Gasteiger partial charge on any atom is -0.333 e. The lowest BCUT2D eigenvalue weighted by Crippen LogP contribution is -2.43. The number of carbonyl (C=O) groups excluding carboxylic acids is 1. The van der Waals surface area contributed by atoms with Gasteiger partial charge in [0.25, 0.3) is 5.91 Å². The predicted octanol–water partition coefficient (Wildman–Crippen LogP) is 4.62. The summed E-state index contributed by atoms with van der Waals surface area (Å²) >= 11 is 0. The Morgan fingerprint density at radius 2 is 2.00 bits per heavy atom. The average molecular weight is 376 g/mol. The van der Waals surface area contributed by atoms with Crippen molar-refractivity contribution in [2.75, 3.05) is 13.6 Å². The topological polar surface area (TPSA) is 35.9 Å². The highest BCUT2D eigenvalue weighted by molar-refractivity contribution is 6.43. The third-order valence-electron chi connectivity index (χ3n) is 6.13. The fourth-order valence-corrected chi connectivity index (χ4v) is 4.09. The van der Waals surface area contributed by atoms with Crippen molar-refractivity contribution >= 4 is 11.6 Å².